The van der Waals surface area contributed by atoms with E-state index in [1.54, 1.807) is 6.07 Å². The number of unbranched alkanes of at least 4 members (excludes halogenated alkanes) is 2. The van der Waals surface area contributed by atoms with Gasteiger partial charge in [0.05, 0.1) is 17.9 Å². The number of ether oxygens (including phenoxy) is 1. The van der Waals surface area contributed by atoms with Gasteiger partial charge < -0.3 is 10.1 Å². The molecule has 0 aliphatic heterocycles. The number of alkyl halides is 3. The number of hydrogen-bond donors (Lipinski definition) is 1. The third-order valence-corrected chi connectivity index (χ3v) is 5.13. The molecule has 0 aliphatic carbocycles. The van der Waals surface area contributed by atoms with E-state index in [0.29, 0.717) is 17.2 Å². The number of rotatable bonds is 9. The van der Waals surface area contributed by atoms with Gasteiger partial charge in [-0.1, -0.05) is 50.1 Å². The number of hydrogen-bond acceptors (Lipinski definition) is 4. The lowest BCUT2D eigenvalue weighted by Gasteiger charge is -2.15. The first-order chi connectivity index (χ1) is 14.0. The van der Waals surface area contributed by atoms with Crippen LogP contribution in [0.15, 0.2) is 53.9 Å². The Hall–Kier alpha value is -2.54. The molecule has 3 nitrogen and oxygen atoms in total. The zero-order valence-corrected chi connectivity index (χ0v) is 16.9. The van der Waals surface area contributed by atoms with Gasteiger partial charge in [0.15, 0.2) is 5.13 Å². The van der Waals surface area contributed by atoms with Crippen molar-refractivity contribution in [1.82, 2.24) is 4.98 Å². The van der Waals surface area contributed by atoms with Crippen LogP contribution in [0.2, 0.25) is 0 Å². The summed E-state index contributed by atoms with van der Waals surface area (Å²) in [5.74, 6) is -0.136. The van der Waals surface area contributed by atoms with Gasteiger partial charge in [-0.2, -0.15) is 13.2 Å². The van der Waals surface area contributed by atoms with E-state index in [9.17, 15) is 13.2 Å². The molecule has 2 aromatic carbocycles. The SMILES string of the molecule is CCCCCOc1ccc(Nc2nc(Cc3ccccc3)cs2)cc1C(F)(F)F. The van der Waals surface area contributed by atoms with E-state index in [0.717, 1.165) is 36.6 Å². The number of aromatic nitrogens is 1. The molecule has 154 valence electrons. The molecule has 29 heavy (non-hydrogen) atoms. The molecule has 0 fully saturated rings. The van der Waals surface area contributed by atoms with Crippen molar-refractivity contribution in [1.29, 1.82) is 0 Å². The van der Waals surface area contributed by atoms with E-state index >= 15 is 0 Å². The molecule has 1 heterocycles. The molecular formula is C22H23F3N2OS. The Morgan fingerprint density at radius 3 is 2.59 bits per heavy atom. The molecular weight excluding hydrogens is 397 g/mol. The van der Waals surface area contributed by atoms with Crippen LogP contribution in [-0.2, 0) is 12.6 Å². The Balaban J connectivity index is 1.70. The van der Waals surface area contributed by atoms with Crippen molar-refractivity contribution in [2.24, 2.45) is 0 Å². The van der Waals surface area contributed by atoms with Crippen LogP contribution in [0.1, 0.15) is 43.0 Å². The van der Waals surface area contributed by atoms with Gasteiger partial charge in [-0.05, 0) is 30.2 Å². The first-order valence-corrected chi connectivity index (χ1v) is 10.4. The third-order valence-electron chi connectivity index (χ3n) is 4.32. The minimum absolute atomic E-state index is 0.136. The molecule has 3 aromatic rings. The summed E-state index contributed by atoms with van der Waals surface area (Å²) in [6.07, 6.45) is -1.16. The Kier molecular flexibility index (Phi) is 7.14. The molecule has 0 saturated carbocycles. The van der Waals surface area contributed by atoms with Gasteiger partial charge >= 0.3 is 6.18 Å². The predicted molar refractivity (Wildman–Crippen MR) is 111 cm³/mol. The van der Waals surface area contributed by atoms with Gasteiger partial charge in [0, 0.05) is 17.5 Å². The second-order valence-corrected chi connectivity index (χ2v) is 7.55. The van der Waals surface area contributed by atoms with Crippen molar-refractivity contribution in [2.45, 2.75) is 38.8 Å². The second kappa shape index (κ2) is 9.78. The van der Waals surface area contributed by atoms with E-state index in [2.05, 4.69) is 10.3 Å². The highest BCUT2D eigenvalue weighted by molar-refractivity contribution is 7.13. The van der Waals surface area contributed by atoms with Gasteiger partial charge in [0.1, 0.15) is 5.75 Å². The van der Waals surface area contributed by atoms with Crippen LogP contribution < -0.4 is 10.1 Å². The molecule has 0 aliphatic rings. The lowest BCUT2D eigenvalue weighted by Crippen LogP contribution is -2.10. The molecule has 1 aromatic heterocycles. The maximum absolute atomic E-state index is 13.5. The standard InChI is InChI=1S/C22H23F3N2OS/c1-2-3-7-12-28-20-11-10-17(14-19(20)22(23,24)25)26-21-27-18(15-29-21)13-16-8-5-4-6-9-16/h4-6,8-11,14-15H,2-3,7,12-13H2,1H3,(H,26,27). The molecule has 0 spiro atoms. The predicted octanol–water partition coefficient (Wildman–Crippen LogP) is 7.07. The average Bonchev–Trinajstić information content (AvgIpc) is 3.13. The van der Waals surface area contributed by atoms with Crippen LogP contribution in [0.25, 0.3) is 0 Å². The van der Waals surface area contributed by atoms with Crippen LogP contribution in [0, 0.1) is 0 Å². The zero-order valence-electron chi connectivity index (χ0n) is 16.1. The summed E-state index contributed by atoms with van der Waals surface area (Å²) in [5, 5.41) is 5.44. The van der Waals surface area contributed by atoms with E-state index in [4.69, 9.17) is 4.74 Å². The molecule has 0 saturated heterocycles. The summed E-state index contributed by atoms with van der Waals surface area (Å²) in [4.78, 5) is 4.48. The highest BCUT2D eigenvalue weighted by Crippen LogP contribution is 2.38. The normalized spacial score (nSPS) is 11.4. The van der Waals surface area contributed by atoms with E-state index in [1.807, 2.05) is 42.6 Å². The highest BCUT2D eigenvalue weighted by Gasteiger charge is 2.34. The molecule has 0 bridgehead atoms. The Morgan fingerprint density at radius 2 is 1.86 bits per heavy atom. The number of anilines is 2. The molecule has 7 heteroatoms. The highest BCUT2D eigenvalue weighted by atomic mass is 32.1. The summed E-state index contributed by atoms with van der Waals surface area (Å²) in [6, 6.07) is 13.9. The second-order valence-electron chi connectivity index (χ2n) is 6.70. The van der Waals surface area contributed by atoms with Crippen molar-refractivity contribution in [3.63, 3.8) is 0 Å². The Morgan fingerprint density at radius 1 is 1.07 bits per heavy atom. The minimum Gasteiger partial charge on any atom is -0.493 e. The van der Waals surface area contributed by atoms with Gasteiger partial charge in [-0.3, -0.25) is 0 Å². The fraction of sp³-hybridized carbons (Fsp3) is 0.318. The van der Waals surface area contributed by atoms with Gasteiger partial charge in [0.2, 0.25) is 0 Å². The molecule has 0 atom stereocenters. The van der Waals surface area contributed by atoms with E-state index in [1.165, 1.54) is 17.4 Å². The monoisotopic (exact) mass is 420 g/mol. The molecule has 0 amide bonds. The van der Waals surface area contributed by atoms with Crippen LogP contribution in [-0.4, -0.2) is 11.6 Å². The summed E-state index contributed by atoms with van der Waals surface area (Å²) >= 11 is 1.37. The topological polar surface area (TPSA) is 34.1 Å². The Labute approximate surface area is 172 Å². The molecule has 3 rings (SSSR count). The van der Waals surface area contributed by atoms with Gasteiger partial charge in [-0.15, -0.1) is 11.3 Å². The largest absolute Gasteiger partial charge is 0.493 e. The van der Waals surface area contributed by atoms with Crippen molar-refractivity contribution in [3.8, 4) is 5.75 Å². The average molecular weight is 420 g/mol. The van der Waals surface area contributed by atoms with Gasteiger partial charge in [0.25, 0.3) is 0 Å². The first-order valence-electron chi connectivity index (χ1n) is 9.55. The summed E-state index contributed by atoms with van der Waals surface area (Å²) in [7, 11) is 0. The molecule has 1 N–H and O–H groups in total. The zero-order chi connectivity index (χ0) is 20.7. The van der Waals surface area contributed by atoms with Crippen LogP contribution in [0.5, 0.6) is 5.75 Å². The maximum Gasteiger partial charge on any atom is 0.420 e. The summed E-state index contributed by atoms with van der Waals surface area (Å²) in [6.45, 7) is 2.31. The fourth-order valence-electron chi connectivity index (χ4n) is 2.86. The van der Waals surface area contributed by atoms with Crippen LogP contribution >= 0.6 is 11.3 Å². The van der Waals surface area contributed by atoms with Crippen LogP contribution in [0.3, 0.4) is 0 Å². The lowest BCUT2D eigenvalue weighted by molar-refractivity contribution is -0.138. The number of nitrogens with one attached hydrogen (secondary N) is 1. The van der Waals surface area contributed by atoms with Crippen molar-refractivity contribution in [2.75, 3.05) is 11.9 Å². The maximum atomic E-state index is 13.5. The number of thiazole rings is 1. The number of benzene rings is 2. The van der Waals surface area contributed by atoms with Gasteiger partial charge in [-0.25, -0.2) is 4.98 Å². The van der Waals surface area contributed by atoms with Crippen molar-refractivity contribution >= 4 is 22.2 Å². The molecule has 0 radical (unpaired) electrons. The minimum atomic E-state index is -4.49. The first kappa shape index (κ1) is 21.2. The molecule has 0 unspecified atom stereocenters. The van der Waals surface area contributed by atoms with E-state index < -0.39 is 11.7 Å². The lowest BCUT2D eigenvalue weighted by atomic mass is 10.1. The van der Waals surface area contributed by atoms with Crippen molar-refractivity contribution < 1.29 is 17.9 Å². The van der Waals surface area contributed by atoms with E-state index in [-0.39, 0.29) is 12.4 Å². The Bertz CT molecular complexity index is 910. The number of halogens is 3. The quantitative estimate of drug-likeness (QED) is 0.376. The summed E-state index contributed by atoms with van der Waals surface area (Å²) < 4.78 is 45.8. The smallest absolute Gasteiger partial charge is 0.420 e. The summed E-state index contributed by atoms with van der Waals surface area (Å²) in [5.41, 5.74) is 1.56. The van der Waals surface area contributed by atoms with Crippen molar-refractivity contribution in [3.05, 3.63) is 70.7 Å². The fourth-order valence-corrected chi connectivity index (χ4v) is 3.59. The van der Waals surface area contributed by atoms with Crippen LogP contribution in [0.4, 0.5) is 24.0 Å². The third kappa shape index (κ3) is 6.22. The number of nitrogens with zero attached hydrogens (tertiary/aromatic N) is 1.